The molecule has 4 rings (SSSR count). The van der Waals surface area contributed by atoms with E-state index >= 15 is 0 Å². The van der Waals surface area contributed by atoms with Gasteiger partial charge in [-0.15, -0.1) is 0 Å². The van der Waals surface area contributed by atoms with Gasteiger partial charge in [0.1, 0.15) is 23.9 Å². The number of fused-ring (bicyclic) bond motifs is 1. The molecular formula is C28H26N2O4. The number of hydrogen-bond acceptors (Lipinski definition) is 5. The third-order valence-electron chi connectivity index (χ3n) is 5.25. The monoisotopic (exact) mass is 454 g/mol. The van der Waals surface area contributed by atoms with Gasteiger partial charge in [-0.3, -0.25) is 4.79 Å². The first-order valence-electron chi connectivity index (χ1n) is 11.0. The van der Waals surface area contributed by atoms with Crippen LogP contribution in [0.25, 0.3) is 10.8 Å². The minimum Gasteiger partial charge on any atom is -0.497 e. The standard InChI is InChI=1S/C28H26N2O4/c1-20(34-27-16-8-12-22-10-3-5-14-25(22)27)28(31)30-29-18-23-11-4-6-15-26(23)33-19-21-9-7-13-24(17-21)32-2/h3-18,20H,19H2,1-2H3,(H,30,31). The van der Waals surface area contributed by atoms with Crippen LogP contribution in [0.15, 0.2) is 96.1 Å². The number of para-hydroxylation sites is 1. The summed E-state index contributed by atoms with van der Waals surface area (Å²) in [6.45, 7) is 2.07. The summed E-state index contributed by atoms with van der Waals surface area (Å²) < 4.78 is 17.1. The first-order chi connectivity index (χ1) is 16.6. The summed E-state index contributed by atoms with van der Waals surface area (Å²) in [6, 6.07) is 28.8. The highest BCUT2D eigenvalue weighted by Crippen LogP contribution is 2.26. The number of methoxy groups -OCH3 is 1. The van der Waals surface area contributed by atoms with Gasteiger partial charge in [0.05, 0.1) is 13.3 Å². The molecule has 6 heteroatoms. The Bertz CT molecular complexity index is 1300. The van der Waals surface area contributed by atoms with Crippen LogP contribution >= 0.6 is 0 Å². The van der Waals surface area contributed by atoms with Crippen molar-refractivity contribution in [2.45, 2.75) is 19.6 Å². The first kappa shape index (κ1) is 22.9. The summed E-state index contributed by atoms with van der Waals surface area (Å²) in [5, 5.41) is 6.11. The fourth-order valence-electron chi connectivity index (χ4n) is 3.44. The number of nitrogens with zero attached hydrogens (tertiary/aromatic N) is 1. The molecule has 0 aromatic heterocycles. The summed E-state index contributed by atoms with van der Waals surface area (Å²) >= 11 is 0. The van der Waals surface area contributed by atoms with E-state index in [9.17, 15) is 4.79 Å². The van der Waals surface area contributed by atoms with Crippen LogP contribution in [0.3, 0.4) is 0 Å². The molecule has 0 aliphatic rings. The average Bonchev–Trinajstić information content (AvgIpc) is 2.88. The van der Waals surface area contributed by atoms with E-state index in [1.54, 1.807) is 20.2 Å². The molecule has 4 aromatic carbocycles. The molecule has 0 saturated heterocycles. The Balaban J connectivity index is 1.36. The van der Waals surface area contributed by atoms with Crippen LogP contribution in [0, 0.1) is 0 Å². The zero-order valence-electron chi connectivity index (χ0n) is 19.1. The van der Waals surface area contributed by atoms with Crippen LogP contribution < -0.4 is 19.6 Å². The second-order valence-corrected chi connectivity index (χ2v) is 7.65. The maximum Gasteiger partial charge on any atom is 0.280 e. The van der Waals surface area contributed by atoms with Crippen molar-refractivity contribution in [2.75, 3.05) is 7.11 Å². The molecule has 0 aliphatic carbocycles. The molecule has 6 nitrogen and oxygen atoms in total. The van der Waals surface area contributed by atoms with Gasteiger partial charge in [-0.25, -0.2) is 5.43 Å². The molecule has 1 amide bonds. The Morgan fingerprint density at radius 1 is 0.941 bits per heavy atom. The van der Waals surface area contributed by atoms with Crippen LogP contribution in [0.1, 0.15) is 18.1 Å². The molecule has 1 atom stereocenters. The summed E-state index contributed by atoms with van der Waals surface area (Å²) in [6.07, 6.45) is 0.839. The van der Waals surface area contributed by atoms with Crippen molar-refractivity contribution in [1.29, 1.82) is 0 Å². The molecular weight excluding hydrogens is 428 g/mol. The van der Waals surface area contributed by atoms with Gasteiger partial charge in [0, 0.05) is 10.9 Å². The van der Waals surface area contributed by atoms with Gasteiger partial charge in [0.2, 0.25) is 0 Å². The quantitative estimate of drug-likeness (QED) is 0.274. The van der Waals surface area contributed by atoms with Gasteiger partial charge in [-0.2, -0.15) is 5.10 Å². The van der Waals surface area contributed by atoms with Crippen LogP contribution in [-0.4, -0.2) is 25.3 Å². The normalized spacial score (nSPS) is 11.8. The van der Waals surface area contributed by atoms with Crippen molar-refractivity contribution in [2.24, 2.45) is 5.10 Å². The molecule has 0 saturated carbocycles. The minimum atomic E-state index is -0.720. The molecule has 4 aromatic rings. The number of benzene rings is 4. The van der Waals surface area contributed by atoms with E-state index in [0.29, 0.717) is 18.1 Å². The summed E-state index contributed by atoms with van der Waals surface area (Å²) in [5.74, 6) is 1.74. The Morgan fingerprint density at radius 2 is 1.68 bits per heavy atom. The fraction of sp³-hybridized carbons (Fsp3) is 0.143. The highest BCUT2D eigenvalue weighted by molar-refractivity contribution is 5.89. The van der Waals surface area contributed by atoms with Crippen LogP contribution in [0.5, 0.6) is 17.2 Å². The number of ether oxygens (including phenoxy) is 3. The molecule has 0 bridgehead atoms. The van der Waals surface area contributed by atoms with Crippen molar-refractivity contribution >= 4 is 22.9 Å². The topological polar surface area (TPSA) is 69.2 Å². The van der Waals surface area contributed by atoms with E-state index in [0.717, 1.165) is 27.6 Å². The highest BCUT2D eigenvalue weighted by atomic mass is 16.5. The lowest BCUT2D eigenvalue weighted by Crippen LogP contribution is -2.33. The molecule has 1 unspecified atom stereocenters. The maximum absolute atomic E-state index is 12.5. The summed E-state index contributed by atoms with van der Waals surface area (Å²) in [7, 11) is 1.63. The molecule has 1 N–H and O–H groups in total. The van der Waals surface area contributed by atoms with Crippen molar-refractivity contribution in [3.05, 3.63) is 102 Å². The molecule has 0 radical (unpaired) electrons. The summed E-state index contributed by atoms with van der Waals surface area (Å²) in [4.78, 5) is 12.5. The van der Waals surface area contributed by atoms with Crippen LogP contribution in [0.4, 0.5) is 0 Å². The Hall–Kier alpha value is -4.32. The van der Waals surface area contributed by atoms with Crippen molar-refractivity contribution in [3.63, 3.8) is 0 Å². The van der Waals surface area contributed by atoms with Crippen molar-refractivity contribution < 1.29 is 19.0 Å². The maximum atomic E-state index is 12.5. The lowest BCUT2D eigenvalue weighted by Gasteiger charge is -2.15. The third kappa shape index (κ3) is 5.72. The van der Waals surface area contributed by atoms with Gasteiger partial charge in [-0.05, 0) is 48.2 Å². The third-order valence-corrected chi connectivity index (χ3v) is 5.25. The van der Waals surface area contributed by atoms with Crippen molar-refractivity contribution in [3.8, 4) is 17.2 Å². The van der Waals surface area contributed by atoms with E-state index in [-0.39, 0.29) is 5.91 Å². The molecule has 0 heterocycles. The smallest absolute Gasteiger partial charge is 0.280 e. The molecule has 0 fully saturated rings. The molecule has 0 spiro atoms. The average molecular weight is 455 g/mol. The van der Waals surface area contributed by atoms with Crippen LogP contribution in [0.2, 0.25) is 0 Å². The zero-order valence-corrected chi connectivity index (χ0v) is 19.1. The number of hydrazone groups is 1. The number of carbonyl (C=O) groups is 1. The highest BCUT2D eigenvalue weighted by Gasteiger charge is 2.15. The predicted molar refractivity (Wildman–Crippen MR) is 134 cm³/mol. The lowest BCUT2D eigenvalue weighted by molar-refractivity contribution is -0.127. The summed E-state index contributed by atoms with van der Waals surface area (Å²) in [5.41, 5.74) is 4.28. The molecule has 172 valence electrons. The van der Waals surface area contributed by atoms with Gasteiger partial charge >= 0.3 is 0 Å². The minimum absolute atomic E-state index is 0.348. The van der Waals surface area contributed by atoms with E-state index in [1.807, 2.05) is 91.0 Å². The van der Waals surface area contributed by atoms with Gasteiger partial charge in [0.25, 0.3) is 5.91 Å². The Kier molecular flexibility index (Phi) is 7.40. The number of hydrogen-bond donors (Lipinski definition) is 1. The number of rotatable bonds is 9. The number of amides is 1. The van der Waals surface area contributed by atoms with Gasteiger partial charge < -0.3 is 14.2 Å². The molecule has 34 heavy (non-hydrogen) atoms. The first-order valence-corrected chi connectivity index (χ1v) is 11.0. The Morgan fingerprint density at radius 3 is 2.56 bits per heavy atom. The van der Waals surface area contributed by atoms with E-state index in [1.165, 1.54) is 0 Å². The SMILES string of the molecule is COc1cccc(COc2ccccc2C=NNC(=O)C(C)Oc2cccc3ccccc23)c1. The lowest BCUT2D eigenvalue weighted by atomic mass is 10.1. The molecule has 0 aliphatic heterocycles. The largest absolute Gasteiger partial charge is 0.497 e. The number of carbonyl (C=O) groups excluding carboxylic acids is 1. The van der Waals surface area contributed by atoms with Crippen molar-refractivity contribution in [1.82, 2.24) is 5.43 Å². The second-order valence-electron chi connectivity index (χ2n) is 7.65. The fourth-order valence-corrected chi connectivity index (χ4v) is 3.44. The van der Waals surface area contributed by atoms with E-state index in [2.05, 4.69) is 10.5 Å². The number of nitrogens with one attached hydrogen (secondary N) is 1. The van der Waals surface area contributed by atoms with Crippen LogP contribution in [-0.2, 0) is 11.4 Å². The predicted octanol–water partition coefficient (Wildman–Crippen LogP) is 5.35. The van der Waals surface area contributed by atoms with E-state index < -0.39 is 6.10 Å². The van der Waals surface area contributed by atoms with E-state index in [4.69, 9.17) is 14.2 Å². The van der Waals surface area contributed by atoms with Gasteiger partial charge in [0.15, 0.2) is 6.10 Å². The zero-order chi connectivity index (χ0) is 23.8. The van der Waals surface area contributed by atoms with Gasteiger partial charge in [-0.1, -0.05) is 60.7 Å². The Labute approximate surface area is 198 Å². The second kappa shape index (κ2) is 11.0.